The molecule has 3 aromatic rings. The molecule has 0 radical (unpaired) electrons. The largest absolute Gasteiger partial charge is 0.490 e. The minimum absolute atomic E-state index is 0.0363. The normalized spacial score (nSPS) is 10.2. The number of hydrogen-bond acceptors (Lipinski definition) is 5. The summed E-state index contributed by atoms with van der Waals surface area (Å²) in [5.74, 6) is -0.223. The number of rotatable bonds is 7. The molecular weight excluding hydrogens is 506 g/mol. The van der Waals surface area contributed by atoms with E-state index in [-0.39, 0.29) is 11.0 Å². The van der Waals surface area contributed by atoms with Crippen LogP contribution in [0.25, 0.3) is 11.1 Å². The molecule has 0 heterocycles. The summed E-state index contributed by atoms with van der Waals surface area (Å²) in [6.07, 6.45) is 0. The number of amides is 2. The van der Waals surface area contributed by atoms with Gasteiger partial charge in [0, 0.05) is 18.2 Å². The number of hydrazine groups is 1. The van der Waals surface area contributed by atoms with Crippen molar-refractivity contribution in [1.82, 2.24) is 16.2 Å². The van der Waals surface area contributed by atoms with Crippen LogP contribution < -0.4 is 20.9 Å². The zero-order valence-corrected chi connectivity index (χ0v) is 20.2. The summed E-state index contributed by atoms with van der Waals surface area (Å²) in [4.78, 5) is 24.8. The number of ether oxygens (including phenoxy) is 2. The second-order valence-corrected chi connectivity index (χ2v) is 8.05. The summed E-state index contributed by atoms with van der Waals surface area (Å²) in [6, 6.07) is 21.9. The van der Waals surface area contributed by atoms with Crippen molar-refractivity contribution in [1.29, 1.82) is 0 Å². The molecule has 0 saturated heterocycles. The van der Waals surface area contributed by atoms with Gasteiger partial charge in [-0.15, -0.1) is 0 Å². The third-order valence-electron chi connectivity index (χ3n) is 4.51. The maximum Gasteiger partial charge on any atom is 0.269 e. The monoisotopic (exact) mass is 527 g/mol. The van der Waals surface area contributed by atoms with Gasteiger partial charge >= 0.3 is 0 Å². The van der Waals surface area contributed by atoms with Gasteiger partial charge in [-0.2, -0.15) is 0 Å². The SMILES string of the molecule is COCCOc1ccc(C(=O)NC(=S)NNC(=O)c2ccc(-c3ccccc3)cc2)cc1Br. The fourth-order valence-electron chi connectivity index (χ4n) is 2.83. The van der Waals surface area contributed by atoms with Crippen LogP contribution in [0.5, 0.6) is 5.75 Å². The number of methoxy groups -OCH3 is 1. The Kier molecular flexibility index (Phi) is 8.94. The Balaban J connectivity index is 1.50. The van der Waals surface area contributed by atoms with Gasteiger partial charge in [0.25, 0.3) is 11.8 Å². The molecule has 33 heavy (non-hydrogen) atoms. The summed E-state index contributed by atoms with van der Waals surface area (Å²) < 4.78 is 11.1. The number of benzene rings is 3. The summed E-state index contributed by atoms with van der Waals surface area (Å²) in [7, 11) is 1.59. The van der Waals surface area contributed by atoms with E-state index in [0.717, 1.165) is 11.1 Å². The number of halogens is 1. The Morgan fingerprint density at radius 3 is 2.18 bits per heavy atom. The van der Waals surface area contributed by atoms with Crippen LogP contribution in [0, 0.1) is 0 Å². The van der Waals surface area contributed by atoms with Gasteiger partial charge in [0.05, 0.1) is 11.1 Å². The van der Waals surface area contributed by atoms with E-state index >= 15 is 0 Å². The number of hydrogen-bond donors (Lipinski definition) is 3. The van der Waals surface area contributed by atoms with Crippen molar-refractivity contribution < 1.29 is 19.1 Å². The summed E-state index contributed by atoms with van der Waals surface area (Å²) in [6.45, 7) is 0.848. The van der Waals surface area contributed by atoms with Crippen LogP contribution in [0.2, 0.25) is 0 Å². The standard InChI is InChI=1S/C24H22BrN3O4S/c1-31-13-14-32-21-12-11-19(15-20(21)25)22(29)26-24(33)28-27-23(30)18-9-7-17(8-10-18)16-5-3-2-4-6-16/h2-12,15H,13-14H2,1H3,(H,27,30)(H2,26,28,29,33). The Bertz CT molecular complexity index is 1120. The van der Waals surface area contributed by atoms with Crippen LogP contribution >= 0.6 is 28.1 Å². The number of nitrogens with one attached hydrogen (secondary N) is 3. The summed E-state index contributed by atoms with van der Waals surface area (Å²) in [5.41, 5.74) is 7.90. The highest BCUT2D eigenvalue weighted by atomic mass is 79.9. The smallest absolute Gasteiger partial charge is 0.269 e. The Morgan fingerprint density at radius 1 is 0.848 bits per heavy atom. The second kappa shape index (κ2) is 12.1. The van der Waals surface area contributed by atoms with Gasteiger partial charge in [-0.1, -0.05) is 42.5 Å². The molecule has 0 aromatic heterocycles. The molecular formula is C24H22BrN3O4S. The molecule has 170 valence electrons. The van der Waals surface area contributed by atoms with E-state index in [2.05, 4.69) is 32.1 Å². The van der Waals surface area contributed by atoms with Gasteiger partial charge in [0.15, 0.2) is 5.11 Å². The maximum absolute atomic E-state index is 12.4. The van der Waals surface area contributed by atoms with Crippen molar-refractivity contribution in [3.8, 4) is 16.9 Å². The lowest BCUT2D eigenvalue weighted by Crippen LogP contribution is -2.48. The van der Waals surface area contributed by atoms with E-state index in [1.165, 1.54) is 0 Å². The minimum Gasteiger partial charge on any atom is -0.490 e. The molecule has 0 aliphatic heterocycles. The third-order valence-corrected chi connectivity index (χ3v) is 5.33. The fraction of sp³-hybridized carbons (Fsp3) is 0.125. The molecule has 0 aliphatic rings. The molecule has 3 N–H and O–H groups in total. The predicted molar refractivity (Wildman–Crippen MR) is 134 cm³/mol. The highest BCUT2D eigenvalue weighted by molar-refractivity contribution is 9.10. The van der Waals surface area contributed by atoms with E-state index < -0.39 is 5.91 Å². The lowest BCUT2D eigenvalue weighted by molar-refractivity contribution is 0.0934. The molecule has 9 heteroatoms. The molecule has 0 unspecified atom stereocenters. The number of thiocarbonyl (C=S) groups is 1. The first kappa shape index (κ1) is 24.4. The van der Waals surface area contributed by atoms with Crippen molar-refractivity contribution in [3.05, 3.63) is 88.4 Å². The van der Waals surface area contributed by atoms with Gasteiger partial charge in [-0.05, 0) is 69.6 Å². The summed E-state index contributed by atoms with van der Waals surface area (Å²) in [5, 5.41) is 2.48. The van der Waals surface area contributed by atoms with Crippen LogP contribution in [0.4, 0.5) is 0 Å². The van der Waals surface area contributed by atoms with Crippen molar-refractivity contribution in [2.24, 2.45) is 0 Å². The zero-order valence-electron chi connectivity index (χ0n) is 17.8. The molecule has 7 nitrogen and oxygen atoms in total. The Hall–Kier alpha value is -3.27. The first-order valence-electron chi connectivity index (χ1n) is 9.96. The first-order chi connectivity index (χ1) is 16.0. The molecule has 3 aromatic carbocycles. The molecule has 0 aliphatic carbocycles. The second-order valence-electron chi connectivity index (χ2n) is 6.79. The first-order valence-corrected chi connectivity index (χ1v) is 11.2. The quantitative estimate of drug-likeness (QED) is 0.243. The molecule has 0 bridgehead atoms. The van der Waals surface area contributed by atoms with Crippen LogP contribution in [-0.4, -0.2) is 37.3 Å². The molecule has 3 rings (SSSR count). The van der Waals surface area contributed by atoms with Crippen molar-refractivity contribution in [2.75, 3.05) is 20.3 Å². The van der Waals surface area contributed by atoms with Crippen molar-refractivity contribution in [3.63, 3.8) is 0 Å². The van der Waals surface area contributed by atoms with Gasteiger partial charge in [0.1, 0.15) is 12.4 Å². The molecule has 0 atom stereocenters. The Morgan fingerprint density at radius 2 is 1.52 bits per heavy atom. The van der Waals surface area contributed by atoms with Gasteiger partial charge in [-0.3, -0.25) is 25.8 Å². The lowest BCUT2D eigenvalue weighted by Gasteiger charge is -2.12. The van der Waals surface area contributed by atoms with Crippen LogP contribution in [0.3, 0.4) is 0 Å². The molecule has 0 saturated carbocycles. The lowest BCUT2D eigenvalue weighted by atomic mass is 10.0. The minimum atomic E-state index is -0.432. The van der Waals surface area contributed by atoms with E-state index in [1.807, 2.05) is 42.5 Å². The van der Waals surface area contributed by atoms with E-state index in [1.54, 1.807) is 37.4 Å². The van der Waals surface area contributed by atoms with Crippen molar-refractivity contribution in [2.45, 2.75) is 0 Å². The molecule has 0 fully saturated rings. The van der Waals surface area contributed by atoms with Crippen molar-refractivity contribution >= 4 is 45.1 Å². The highest BCUT2D eigenvalue weighted by Crippen LogP contribution is 2.26. The van der Waals surface area contributed by atoms with E-state index in [4.69, 9.17) is 21.7 Å². The molecule has 0 spiro atoms. The zero-order chi connectivity index (χ0) is 23.6. The number of carbonyl (C=O) groups is 2. The van der Waals surface area contributed by atoms with Crippen LogP contribution in [-0.2, 0) is 4.74 Å². The summed E-state index contributed by atoms with van der Waals surface area (Å²) >= 11 is 8.48. The average Bonchev–Trinajstić information content (AvgIpc) is 2.84. The highest BCUT2D eigenvalue weighted by Gasteiger charge is 2.12. The van der Waals surface area contributed by atoms with Gasteiger partial charge in [-0.25, -0.2) is 0 Å². The topological polar surface area (TPSA) is 88.7 Å². The van der Waals surface area contributed by atoms with Crippen LogP contribution in [0.1, 0.15) is 20.7 Å². The molecule has 2 amide bonds. The van der Waals surface area contributed by atoms with Gasteiger partial charge in [0.2, 0.25) is 0 Å². The number of carbonyl (C=O) groups excluding carboxylic acids is 2. The van der Waals surface area contributed by atoms with Gasteiger partial charge < -0.3 is 9.47 Å². The van der Waals surface area contributed by atoms with Crippen LogP contribution in [0.15, 0.2) is 77.3 Å². The fourth-order valence-corrected chi connectivity index (χ4v) is 3.47. The maximum atomic E-state index is 12.4. The Labute approximate surface area is 205 Å². The predicted octanol–water partition coefficient (Wildman–Crippen LogP) is 4.09. The average molecular weight is 528 g/mol. The van der Waals surface area contributed by atoms with E-state index in [9.17, 15) is 9.59 Å². The van der Waals surface area contributed by atoms with E-state index in [0.29, 0.717) is 34.6 Å². The third kappa shape index (κ3) is 7.11.